The largest absolute Gasteiger partial charge is 0.468 e. The van der Waals surface area contributed by atoms with Crippen molar-refractivity contribution in [3.63, 3.8) is 0 Å². The van der Waals surface area contributed by atoms with Crippen LogP contribution in [0.4, 0.5) is 0 Å². The molecule has 0 fully saturated rings. The normalized spacial score (nSPS) is 12.2. The molecule has 1 N–H and O–H groups in total. The molecule has 2 heterocycles. The van der Waals surface area contributed by atoms with Gasteiger partial charge in [-0.05, 0) is 45.5 Å². The number of rotatable bonds is 7. The summed E-state index contributed by atoms with van der Waals surface area (Å²) in [6.07, 6.45) is 3.49. The molecule has 0 aliphatic rings. The van der Waals surface area contributed by atoms with Gasteiger partial charge < -0.3 is 14.2 Å². The molecule has 0 aliphatic carbocycles. The Labute approximate surface area is 127 Å². The Hall–Kier alpha value is -1.52. The van der Waals surface area contributed by atoms with Crippen molar-refractivity contribution < 1.29 is 8.83 Å². The van der Waals surface area contributed by atoms with E-state index in [9.17, 15) is 0 Å². The highest BCUT2D eigenvalue weighted by atomic mass is 16.3. The molecule has 4 nitrogen and oxygen atoms in total. The van der Waals surface area contributed by atoms with Crippen LogP contribution in [0.25, 0.3) is 0 Å². The maximum Gasteiger partial charge on any atom is 0.122 e. The molecular weight excluding hydrogens is 264 g/mol. The van der Waals surface area contributed by atoms with Gasteiger partial charge in [-0.3, -0.25) is 4.90 Å². The zero-order valence-electron chi connectivity index (χ0n) is 13.5. The lowest BCUT2D eigenvalue weighted by Crippen LogP contribution is -2.35. The lowest BCUT2D eigenvalue weighted by atomic mass is 10.1. The van der Waals surface area contributed by atoms with Crippen molar-refractivity contribution in [3.05, 3.63) is 47.8 Å². The molecule has 21 heavy (non-hydrogen) atoms. The summed E-state index contributed by atoms with van der Waals surface area (Å²) in [6, 6.07) is 5.98. The summed E-state index contributed by atoms with van der Waals surface area (Å²) in [7, 11) is 0. The lowest BCUT2D eigenvalue weighted by Gasteiger charge is -2.22. The average molecular weight is 290 g/mol. The van der Waals surface area contributed by atoms with Crippen LogP contribution >= 0.6 is 0 Å². The molecule has 0 aliphatic heterocycles. The van der Waals surface area contributed by atoms with Crippen molar-refractivity contribution in [3.8, 4) is 0 Å². The minimum atomic E-state index is 0.104. The molecule has 0 saturated heterocycles. The van der Waals surface area contributed by atoms with Crippen molar-refractivity contribution in [1.29, 1.82) is 0 Å². The van der Waals surface area contributed by atoms with Crippen LogP contribution in [0.2, 0.25) is 0 Å². The minimum Gasteiger partial charge on any atom is -0.468 e. The van der Waals surface area contributed by atoms with Crippen LogP contribution in [-0.2, 0) is 19.6 Å². The van der Waals surface area contributed by atoms with Crippen molar-refractivity contribution in [1.82, 2.24) is 10.2 Å². The zero-order valence-corrected chi connectivity index (χ0v) is 13.5. The predicted molar refractivity (Wildman–Crippen MR) is 83.8 cm³/mol. The Balaban J connectivity index is 1.96. The third-order valence-electron chi connectivity index (χ3n) is 3.42. The molecular formula is C17H26N2O2. The van der Waals surface area contributed by atoms with Gasteiger partial charge in [-0.1, -0.05) is 6.92 Å². The van der Waals surface area contributed by atoms with Gasteiger partial charge in [-0.25, -0.2) is 0 Å². The fraction of sp³-hybridized carbons (Fsp3) is 0.529. The molecule has 0 atom stereocenters. The highest BCUT2D eigenvalue weighted by Gasteiger charge is 2.15. The molecule has 0 saturated carbocycles. The van der Waals surface area contributed by atoms with Gasteiger partial charge in [0.1, 0.15) is 11.5 Å². The first-order chi connectivity index (χ1) is 9.98. The number of hydrogen-bond donors (Lipinski definition) is 1. The Morgan fingerprint density at radius 3 is 2.52 bits per heavy atom. The first-order valence-corrected chi connectivity index (χ1v) is 7.53. The Bertz CT molecular complexity index is 523. The van der Waals surface area contributed by atoms with Crippen LogP contribution in [0.5, 0.6) is 0 Å². The summed E-state index contributed by atoms with van der Waals surface area (Å²) in [4.78, 5) is 2.30. The van der Waals surface area contributed by atoms with E-state index in [1.165, 1.54) is 5.56 Å². The molecule has 0 unspecified atom stereocenters. The first-order valence-electron chi connectivity index (χ1n) is 7.53. The third kappa shape index (κ3) is 5.06. The zero-order chi connectivity index (χ0) is 15.3. The monoisotopic (exact) mass is 290 g/mol. The number of furan rings is 2. The molecule has 0 bridgehead atoms. The molecule has 2 rings (SSSR count). The fourth-order valence-corrected chi connectivity index (χ4v) is 2.13. The van der Waals surface area contributed by atoms with Gasteiger partial charge in [-0.15, -0.1) is 0 Å². The first kappa shape index (κ1) is 15.9. The average Bonchev–Trinajstić information content (AvgIpc) is 3.06. The molecule has 0 spiro atoms. The molecule has 0 radical (unpaired) electrons. The van der Waals surface area contributed by atoms with E-state index >= 15 is 0 Å². The second-order valence-corrected chi connectivity index (χ2v) is 6.36. The number of hydrogen-bond acceptors (Lipinski definition) is 4. The summed E-state index contributed by atoms with van der Waals surface area (Å²) in [5.41, 5.74) is 1.33. The lowest BCUT2D eigenvalue weighted by molar-refractivity contribution is 0.227. The van der Waals surface area contributed by atoms with E-state index in [-0.39, 0.29) is 5.54 Å². The van der Waals surface area contributed by atoms with Crippen LogP contribution in [0.1, 0.15) is 44.8 Å². The SMILES string of the molecule is CCN(Cc1ccco1)Cc1occc1CNC(C)(C)C. The van der Waals surface area contributed by atoms with E-state index in [0.29, 0.717) is 0 Å². The summed E-state index contributed by atoms with van der Waals surface area (Å²) >= 11 is 0. The van der Waals surface area contributed by atoms with E-state index < -0.39 is 0 Å². The van der Waals surface area contributed by atoms with Gasteiger partial charge in [0.15, 0.2) is 0 Å². The van der Waals surface area contributed by atoms with Crippen LogP contribution < -0.4 is 5.32 Å². The third-order valence-corrected chi connectivity index (χ3v) is 3.42. The smallest absolute Gasteiger partial charge is 0.122 e. The minimum absolute atomic E-state index is 0.104. The fourth-order valence-electron chi connectivity index (χ4n) is 2.13. The second-order valence-electron chi connectivity index (χ2n) is 6.36. The maximum atomic E-state index is 5.67. The van der Waals surface area contributed by atoms with Gasteiger partial charge in [0.2, 0.25) is 0 Å². The standard InChI is InChI=1S/C17H26N2O2/c1-5-19(12-15-7-6-9-20-15)13-16-14(8-10-21-16)11-18-17(2,3)4/h6-10,18H,5,11-13H2,1-4H3. The number of nitrogens with zero attached hydrogens (tertiary/aromatic N) is 1. The Morgan fingerprint density at radius 2 is 1.90 bits per heavy atom. The molecule has 2 aromatic rings. The quantitative estimate of drug-likeness (QED) is 0.842. The summed E-state index contributed by atoms with van der Waals surface area (Å²) in [5.74, 6) is 2.01. The highest BCUT2D eigenvalue weighted by molar-refractivity contribution is 5.17. The van der Waals surface area contributed by atoms with E-state index in [0.717, 1.165) is 37.7 Å². The Morgan fingerprint density at radius 1 is 1.10 bits per heavy atom. The van der Waals surface area contributed by atoms with Crippen molar-refractivity contribution in [2.24, 2.45) is 0 Å². The van der Waals surface area contributed by atoms with Crippen molar-refractivity contribution in [2.45, 2.75) is 52.9 Å². The van der Waals surface area contributed by atoms with Crippen LogP contribution in [0.15, 0.2) is 39.6 Å². The van der Waals surface area contributed by atoms with Gasteiger partial charge in [0, 0.05) is 17.6 Å². The van der Waals surface area contributed by atoms with Crippen molar-refractivity contribution >= 4 is 0 Å². The topological polar surface area (TPSA) is 41.6 Å². The molecule has 0 aromatic carbocycles. The summed E-state index contributed by atoms with van der Waals surface area (Å²) < 4.78 is 11.1. The van der Waals surface area contributed by atoms with E-state index in [1.807, 2.05) is 12.1 Å². The second kappa shape index (κ2) is 6.96. The summed E-state index contributed by atoms with van der Waals surface area (Å²) in [5, 5.41) is 3.50. The summed E-state index contributed by atoms with van der Waals surface area (Å²) in [6.45, 7) is 12.0. The van der Waals surface area contributed by atoms with Crippen LogP contribution in [0, 0.1) is 0 Å². The van der Waals surface area contributed by atoms with Crippen LogP contribution in [0.3, 0.4) is 0 Å². The van der Waals surface area contributed by atoms with E-state index in [1.54, 1.807) is 12.5 Å². The van der Waals surface area contributed by atoms with Crippen molar-refractivity contribution in [2.75, 3.05) is 6.54 Å². The van der Waals surface area contributed by atoms with E-state index in [4.69, 9.17) is 8.83 Å². The molecule has 0 amide bonds. The Kier molecular flexibility index (Phi) is 5.26. The van der Waals surface area contributed by atoms with Crippen LogP contribution in [-0.4, -0.2) is 17.0 Å². The molecule has 116 valence electrons. The maximum absolute atomic E-state index is 5.67. The molecule has 2 aromatic heterocycles. The number of nitrogens with one attached hydrogen (secondary N) is 1. The van der Waals surface area contributed by atoms with E-state index in [2.05, 4.69) is 44.0 Å². The van der Waals surface area contributed by atoms with Gasteiger partial charge in [0.05, 0.1) is 25.6 Å². The van der Waals surface area contributed by atoms with Gasteiger partial charge >= 0.3 is 0 Å². The molecule has 4 heteroatoms. The predicted octanol–water partition coefficient (Wildman–Crippen LogP) is 3.78. The van der Waals surface area contributed by atoms with Gasteiger partial charge in [-0.2, -0.15) is 0 Å². The van der Waals surface area contributed by atoms with Gasteiger partial charge in [0.25, 0.3) is 0 Å². The highest BCUT2D eigenvalue weighted by Crippen LogP contribution is 2.16.